The van der Waals surface area contributed by atoms with Gasteiger partial charge in [-0.05, 0) is 16.8 Å². The van der Waals surface area contributed by atoms with Crippen LogP contribution in [-0.4, -0.2) is 17.6 Å². The van der Waals surface area contributed by atoms with E-state index in [4.69, 9.17) is 0 Å². The van der Waals surface area contributed by atoms with Gasteiger partial charge in [0.15, 0.2) is 0 Å². The van der Waals surface area contributed by atoms with Crippen LogP contribution in [0, 0.1) is 5.41 Å². The summed E-state index contributed by atoms with van der Waals surface area (Å²) in [5, 5.41) is 16.0. The third kappa shape index (κ3) is 3.14. The lowest BCUT2D eigenvalue weighted by Crippen LogP contribution is -2.37. The van der Waals surface area contributed by atoms with Crippen molar-refractivity contribution in [3.05, 3.63) is 35.2 Å². The lowest BCUT2D eigenvalue weighted by atomic mass is 9.95. The van der Waals surface area contributed by atoms with Gasteiger partial charge < -0.3 is 10.4 Å². The molecule has 0 fully saturated rings. The van der Waals surface area contributed by atoms with Crippen LogP contribution >= 0.6 is 11.3 Å². The number of fused-ring (bicyclic) bond motifs is 1. The van der Waals surface area contributed by atoms with Crippen molar-refractivity contribution in [2.24, 2.45) is 5.41 Å². The summed E-state index contributed by atoms with van der Waals surface area (Å²) in [4.78, 5) is 11.8. The number of carbonyl (C=O) groups is 1. The van der Waals surface area contributed by atoms with Crippen molar-refractivity contribution in [2.45, 2.75) is 26.9 Å². The Labute approximate surface area is 117 Å². The van der Waals surface area contributed by atoms with Gasteiger partial charge in [-0.1, -0.05) is 39.0 Å². The van der Waals surface area contributed by atoms with Gasteiger partial charge in [0.25, 0.3) is 0 Å². The Bertz CT molecular complexity index is 583. The Balaban J connectivity index is 2.08. The molecule has 0 saturated carbocycles. The molecule has 1 atom stereocenters. The topological polar surface area (TPSA) is 49.3 Å². The van der Waals surface area contributed by atoms with Crippen LogP contribution in [0.1, 0.15) is 32.4 Å². The molecule has 1 aromatic carbocycles. The minimum Gasteiger partial charge on any atom is -0.387 e. The smallest absolute Gasteiger partial charge is 0.225 e. The molecule has 0 aliphatic rings. The van der Waals surface area contributed by atoms with Gasteiger partial charge >= 0.3 is 0 Å². The molecule has 0 aliphatic heterocycles. The van der Waals surface area contributed by atoms with E-state index in [1.165, 1.54) is 0 Å². The average Bonchev–Trinajstić information content (AvgIpc) is 2.78. The number of nitrogens with one attached hydrogen (secondary N) is 1. The highest BCUT2D eigenvalue weighted by Crippen LogP contribution is 2.30. The van der Waals surface area contributed by atoms with E-state index in [1.54, 1.807) is 11.3 Å². The summed E-state index contributed by atoms with van der Waals surface area (Å²) in [7, 11) is 0. The van der Waals surface area contributed by atoms with Crippen LogP contribution in [0.5, 0.6) is 0 Å². The van der Waals surface area contributed by atoms with E-state index in [2.05, 4.69) is 5.32 Å². The molecule has 0 saturated heterocycles. The predicted molar refractivity (Wildman–Crippen MR) is 79.2 cm³/mol. The fourth-order valence-electron chi connectivity index (χ4n) is 1.82. The molecule has 4 heteroatoms. The van der Waals surface area contributed by atoms with Crippen molar-refractivity contribution >= 4 is 27.3 Å². The van der Waals surface area contributed by atoms with Crippen molar-refractivity contribution in [1.29, 1.82) is 0 Å². The first-order valence-corrected chi connectivity index (χ1v) is 7.20. The number of hydrogen-bond acceptors (Lipinski definition) is 3. The molecular formula is C15H19NO2S. The van der Waals surface area contributed by atoms with Gasteiger partial charge in [0, 0.05) is 22.2 Å². The molecular weight excluding hydrogens is 258 g/mol. The standard InChI is InChI=1S/C15H19NO2S/c1-15(2,3)14(18)16-8-12(17)11-9-19-13-7-5-4-6-10(11)13/h4-7,9,12,17H,8H2,1-3H3,(H,16,18). The Morgan fingerprint density at radius 1 is 1.37 bits per heavy atom. The number of benzene rings is 1. The van der Waals surface area contributed by atoms with Gasteiger partial charge in [0.2, 0.25) is 5.91 Å². The van der Waals surface area contributed by atoms with E-state index < -0.39 is 11.5 Å². The number of carbonyl (C=O) groups excluding carboxylic acids is 1. The Morgan fingerprint density at radius 3 is 2.74 bits per heavy atom. The SMILES string of the molecule is CC(C)(C)C(=O)NCC(O)c1csc2ccccc12. The summed E-state index contributed by atoms with van der Waals surface area (Å²) in [6, 6.07) is 7.97. The van der Waals surface area contributed by atoms with Gasteiger partial charge in [-0.3, -0.25) is 4.79 Å². The number of hydrogen-bond donors (Lipinski definition) is 2. The second-order valence-electron chi connectivity index (χ2n) is 5.66. The lowest BCUT2D eigenvalue weighted by Gasteiger charge is -2.19. The highest BCUT2D eigenvalue weighted by atomic mass is 32.1. The van der Waals surface area contributed by atoms with Crippen LogP contribution in [0.15, 0.2) is 29.6 Å². The summed E-state index contributed by atoms with van der Waals surface area (Å²) >= 11 is 1.61. The first kappa shape index (κ1) is 14.0. The van der Waals surface area contributed by atoms with E-state index in [0.29, 0.717) is 0 Å². The van der Waals surface area contributed by atoms with Crippen LogP contribution < -0.4 is 5.32 Å². The number of rotatable bonds is 3. The maximum absolute atomic E-state index is 11.8. The molecule has 1 amide bonds. The third-order valence-corrected chi connectivity index (χ3v) is 3.99. The van der Waals surface area contributed by atoms with E-state index in [0.717, 1.165) is 15.6 Å². The van der Waals surface area contributed by atoms with Gasteiger partial charge in [-0.15, -0.1) is 11.3 Å². The first-order valence-electron chi connectivity index (χ1n) is 6.32. The van der Waals surface area contributed by atoms with Crippen molar-refractivity contribution in [3.63, 3.8) is 0 Å². The Kier molecular flexibility index (Phi) is 3.92. The van der Waals surface area contributed by atoms with E-state index in [-0.39, 0.29) is 12.5 Å². The molecule has 0 spiro atoms. The van der Waals surface area contributed by atoms with Crippen LogP contribution in [0.25, 0.3) is 10.1 Å². The van der Waals surface area contributed by atoms with Gasteiger partial charge in [-0.2, -0.15) is 0 Å². The number of aliphatic hydroxyl groups is 1. The van der Waals surface area contributed by atoms with Crippen LogP contribution in [0.3, 0.4) is 0 Å². The van der Waals surface area contributed by atoms with Crippen molar-refractivity contribution in [2.75, 3.05) is 6.54 Å². The fourth-order valence-corrected chi connectivity index (χ4v) is 2.83. The molecule has 3 nitrogen and oxygen atoms in total. The molecule has 19 heavy (non-hydrogen) atoms. The molecule has 1 heterocycles. The highest BCUT2D eigenvalue weighted by molar-refractivity contribution is 7.17. The van der Waals surface area contributed by atoms with Crippen LogP contribution in [0.2, 0.25) is 0 Å². The molecule has 0 radical (unpaired) electrons. The third-order valence-electron chi connectivity index (χ3n) is 3.01. The average molecular weight is 277 g/mol. The van der Waals surface area contributed by atoms with Crippen LogP contribution in [-0.2, 0) is 4.79 Å². The quantitative estimate of drug-likeness (QED) is 0.905. The lowest BCUT2D eigenvalue weighted by molar-refractivity contribution is -0.128. The van der Waals surface area contributed by atoms with Gasteiger partial charge in [-0.25, -0.2) is 0 Å². The van der Waals surface area contributed by atoms with Crippen LogP contribution in [0.4, 0.5) is 0 Å². The summed E-state index contributed by atoms with van der Waals surface area (Å²) < 4.78 is 1.15. The Hall–Kier alpha value is -1.39. The van der Waals surface area contributed by atoms with Gasteiger partial charge in [0.1, 0.15) is 0 Å². The summed E-state index contributed by atoms with van der Waals surface area (Å²) in [6.07, 6.45) is -0.664. The minimum absolute atomic E-state index is 0.0499. The predicted octanol–water partition coefficient (Wildman–Crippen LogP) is 3.10. The molecule has 0 aliphatic carbocycles. The zero-order chi connectivity index (χ0) is 14.0. The molecule has 1 aromatic heterocycles. The molecule has 2 rings (SSSR count). The summed E-state index contributed by atoms with van der Waals surface area (Å²) in [6.45, 7) is 5.81. The van der Waals surface area contributed by atoms with E-state index >= 15 is 0 Å². The molecule has 2 N–H and O–H groups in total. The highest BCUT2D eigenvalue weighted by Gasteiger charge is 2.22. The second kappa shape index (κ2) is 5.31. The van der Waals surface area contributed by atoms with Crippen molar-refractivity contribution < 1.29 is 9.90 Å². The number of thiophene rings is 1. The number of amides is 1. The Morgan fingerprint density at radius 2 is 2.05 bits per heavy atom. The molecule has 1 unspecified atom stereocenters. The maximum atomic E-state index is 11.8. The zero-order valence-electron chi connectivity index (χ0n) is 11.4. The second-order valence-corrected chi connectivity index (χ2v) is 6.57. The maximum Gasteiger partial charge on any atom is 0.225 e. The van der Waals surface area contributed by atoms with Crippen molar-refractivity contribution in [1.82, 2.24) is 5.32 Å². The fraction of sp³-hybridized carbons (Fsp3) is 0.400. The zero-order valence-corrected chi connectivity index (χ0v) is 12.3. The monoisotopic (exact) mass is 277 g/mol. The molecule has 0 bridgehead atoms. The molecule has 2 aromatic rings. The minimum atomic E-state index is -0.664. The largest absolute Gasteiger partial charge is 0.387 e. The van der Waals surface area contributed by atoms with E-state index in [9.17, 15) is 9.90 Å². The normalized spacial score (nSPS) is 13.5. The summed E-state index contributed by atoms with van der Waals surface area (Å²) in [5.74, 6) is -0.0499. The van der Waals surface area contributed by atoms with E-state index in [1.807, 2.05) is 50.4 Å². The van der Waals surface area contributed by atoms with Gasteiger partial charge in [0.05, 0.1) is 6.10 Å². The molecule has 102 valence electrons. The first-order chi connectivity index (χ1) is 8.89. The number of aliphatic hydroxyl groups excluding tert-OH is 1. The summed E-state index contributed by atoms with van der Waals surface area (Å²) in [5.41, 5.74) is 0.450. The van der Waals surface area contributed by atoms with Crippen molar-refractivity contribution in [3.8, 4) is 0 Å².